The molecule has 1 N–H and O–H groups in total. The van der Waals surface area contributed by atoms with Crippen molar-refractivity contribution < 1.29 is 19.0 Å². The van der Waals surface area contributed by atoms with Gasteiger partial charge in [0.15, 0.2) is 11.5 Å². The number of carbonyl (C=O) groups is 1. The van der Waals surface area contributed by atoms with Crippen LogP contribution in [0.5, 0.6) is 11.5 Å². The number of hydrogen-bond donors (Lipinski definition) is 1. The monoisotopic (exact) mass is 385 g/mol. The summed E-state index contributed by atoms with van der Waals surface area (Å²) >= 11 is 0. The average molecular weight is 386 g/mol. The number of hydrogen-bond acceptors (Lipinski definition) is 4. The van der Waals surface area contributed by atoms with Crippen LogP contribution in [0, 0.1) is 5.92 Å². The molecule has 1 amide bonds. The van der Waals surface area contributed by atoms with Crippen LogP contribution in [0.1, 0.15) is 31.4 Å². The van der Waals surface area contributed by atoms with Gasteiger partial charge in [0.05, 0.1) is 6.61 Å². The Morgan fingerprint density at radius 2 is 1.79 bits per heavy atom. The minimum absolute atomic E-state index is 0.0281. The van der Waals surface area contributed by atoms with Crippen LogP contribution in [0.2, 0.25) is 0 Å². The number of methoxy groups -OCH3 is 1. The molecule has 0 heterocycles. The lowest BCUT2D eigenvalue weighted by atomic mass is 9.96. The molecule has 0 spiro atoms. The first-order chi connectivity index (χ1) is 13.7. The van der Waals surface area contributed by atoms with E-state index in [0.717, 1.165) is 35.5 Å². The van der Waals surface area contributed by atoms with Gasteiger partial charge in [-0.3, -0.25) is 4.79 Å². The summed E-state index contributed by atoms with van der Waals surface area (Å²) in [4.78, 5) is 11.0. The summed E-state index contributed by atoms with van der Waals surface area (Å²) in [7, 11) is 1.68. The van der Waals surface area contributed by atoms with Crippen molar-refractivity contribution in [3.8, 4) is 11.5 Å². The predicted octanol–water partition coefficient (Wildman–Crippen LogP) is 3.99. The van der Waals surface area contributed by atoms with E-state index in [9.17, 15) is 4.79 Å². The molecule has 0 aromatic heterocycles. The summed E-state index contributed by atoms with van der Waals surface area (Å²) in [5, 5.41) is 2.92. The second-order valence-electron chi connectivity index (χ2n) is 7.05. The van der Waals surface area contributed by atoms with Gasteiger partial charge in [-0.05, 0) is 24.0 Å². The van der Waals surface area contributed by atoms with E-state index in [1.807, 2.05) is 48.5 Å². The summed E-state index contributed by atoms with van der Waals surface area (Å²) in [6.07, 6.45) is 2.25. The molecule has 0 saturated heterocycles. The molecule has 0 fully saturated rings. The van der Waals surface area contributed by atoms with E-state index in [1.54, 1.807) is 7.11 Å². The van der Waals surface area contributed by atoms with Crippen LogP contribution in [0.3, 0.4) is 0 Å². The van der Waals surface area contributed by atoms with Crippen LogP contribution >= 0.6 is 0 Å². The van der Waals surface area contributed by atoms with E-state index in [1.165, 1.54) is 0 Å². The predicted molar refractivity (Wildman–Crippen MR) is 111 cm³/mol. The molecule has 2 rings (SSSR count). The van der Waals surface area contributed by atoms with Crippen LogP contribution in [-0.2, 0) is 22.6 Å². The molecular formula is C23H31NO4. The lowest BCUT2D eigenvalue weighted by Gasteiger charge is -2.23. The van der Waals surface area contributed by atoms with Crippen molar-refractivity contribution in [2.24, 2.45) is 5.92 Å². The van der Waals surface area contributed by atoms with Crippen LogP contribution in [0.15, 0.2) is 48.5 Å². The molecule has 0 aliphatic heterocycles. The van der Waals surface area contributed by atoms with Crippen molar-refractivity contribution in [3.05, 3.63) is 59.7 Å². The SMILES string of the molecule is COCCCOc1cccc(CC(NC=O)C(C)C)c1OCc1ccccc1. The van der Waals surface area contributed by atoms with Crippen LogP contribution in [-0.4, -0.2) is 32.8 Å². The Morgan fingerprint density at radius 3 is 2.46 bits per heavy atom. The molecule has 28 heavy (non-hydrogen) atoms. The number of carbonyl (C=O) groups excluding carboxylic acids is 1. The van der Waals surface area contributed by atoms with Crippen molar-refractivity contribution in [2.75, 3.05) is 20.3 Å². The minimum atomic E-state index is 0.0281. The minimum Gasteiger partial charge on any atom is -0.490 e. The summed E-state index contributed by atoms with van der Waals surface area (Å²) in [5.41, 5.74) is 2.11. The summed E-state index contributed by atoms with van der Waals surface area (Å²) < 4.78 is 17.3. The van der Waals surface area contributed by atoms with Gasteiger partial charge in [0.1, 0.15) is 6.61 Å². The van der Waals surface area contributed by atoms with Gasteiger partial charge in [0.25, 0.3) is 0 Å². The number of amides is 1. The first-order valence-corrected chi connectivity index (χ1v) is 9.75. The fourth-order valence-electron chi connectivity index (χ4n) is 2.93. The fraction of sp³-hybridized carbons (Fsp3) is 0.435. The Hall–Kier alpha value is -2.53. The van der Waals surface area contributed by atoms with Gasteiger partial charge in [-0.25, -0.2) is 0 Å². The first kappa shape index (κ1) is 21.8. The number of para-hydroxylation sites is 1. The molecular weight excluding hydrogens is 354 g/mol. The number of nitrogens with one attached hydrogen (secondary N) is 1. The zero-order valence-corrected chi connectivity index (χ0v) is 17.0. The Morgan fingerprint density at radius 1 is 1.00 bits per heavy atom. The highest BCUT2D eigenvalue weighted by atomic mass is 16.5. The van der Waals surface area contributed by atoms with Gasteiger partial charge in [0.2, 0.25) is 6.41 Å². The van der Waals surface area contributed by atoms with Gasteiger partial charge >= 0.3 is 0 Å². The molecule has 0 bridgehead atoms. The zero-order valence-electron chi connectivity index (χ0n) is 17.0. The second kappa shape index (κ2) is 12.0. The van der Waals surface area contributed by atoms with E-state index in [4.69, 9.17) is 14.2 Å². The maximum absolute atomic E-state index is 11.0. The van der Waals surface area contributed by atoms with Crippen LogP contribution in [0.4, 0.5) is 0 Å². The Bertz CT molecular complexity index is 703. The topological polar surface area (TPSA) is 56.8 Å². The molecule has 0 aliphatic rings. The van der Waals surface area contributed by atoms with Crippen molar-refractivity contribution >= 4 is 6.41 Å². The lowest BCUT2D eigenvalue weighted by molar-refractivity contribution is -0.110. The Balaban J connectivity index is 2.21. The van der Waals surface area contributed by atoms with Crippen molar-refractivity contribution in [2.45, 2.75) is 39.3 Å². The number of rotatable bonds is 13. The molecule has 2 aromatic rings. The zero-order chi connectivity index (χ0) is 20.2. The van der Waals surface area contributed by atoms with Crippen LogP contribution < -0.4 is 14.8 Å². The van der Waals surface area contributed by atoms with Gasteiger partial charge in [-0.15, -0.1) is 0 Å². The molecule has 5 nitrogen and oxygen atoms in total. The summed E-state index contributed by atoms with van der Waals surface area (Å²) in [6, 6.07) is 16.0. The van der Waals surface area contributed by atoms with Gasteiger partial charge in [-0.2, -0.15) is 0 Å². The van der Waals surface area contributed by atoms with Crippen LogP contribution in [0.25, 0.3) is 0 Å². The average Bonchev–Trinajstić information content (AvgIpc) is 2.71. The highest BCUT2D eigenvalue weighted by Crippen LogP contribution is 2.33. The molecule has 1 atom stereocenters. The van der Waals surface area contributed by atoms with Gasteiger partial charge in [-0.1, -0.05) is 56.3 Å². The first-order valence-electron chi connectivity index (χ1n) is 9.75. The Kier molecular flexibility index (Phi) is 9.35. The van der Waals surface area contributed by atoms with E-state index >= 15 is 0 Å². The lowest BCUT2D eigenvalue weighted by Crippen LogP contribution is -2.34. The van der Waals surface area contributed by atoms with Crippen molar-refractivity contribution in [1.82, 2.24) is 5.32 Å². The normalized spacial score (nSPS) is 11.9. The van der Waals surface area contributed by atoms with E-state index in [2.05, 4.69) is 19.2 Å². The summed E-state index contributed by atoms with van der Waals surface area (Å²) in [6.45, 7) is 5.85. The smallest absolute Gasteiger partial charge is 0.207 e. The highest BCUT2D eigenvalue weighted by molar-refractivity contribution is 5.49. The molecule has 0 saturated carbocycles. The van der Waals surface area contributed by atoms with Gasteiger partial charge < -0.3 is 19.5 Å². The van der Waals surface area contributed by atoms with E-state index < -0.39 is 0 Å². The quantitative estimate of drug-likeness (QED) is 0.418. The third-order valence-corrected chi connectivity index (χ3v) is 4.56. The molecule has 0 aliphatic carbocycles. The number of benzene rings is 2. The number of ether oxygens (including phenoxy) is 3. The third-order valence-electron chi connectivity index (χ3n) is 4.56. The maximum Gasteiger partial charge on any atom is 0.207 e. The molecule has 5 heteroatoms. The summed E-state index contributed by atoms with van der Waals surface area (Å²) in [5.74, 6) is 1.76. The van der Waals surface area contributed by atoms with E-state index in [0.29, 0.717) is 32.2 Å². The molecule has 2 aromatic carbocycles. The largest absolute Gasteiger partial charge is 0.490 e. The standard InChI is InChI=1S/C23H31NO4/c1-18(2)21(24-17-25)15-20-11-7-12-22(27-14-8-13-26-3)23(20)28-16-19-9-5-4-6-10-19/h4-7,9-12,17-18,21H,8,13-16H2,1-3H3,(H,24,25). The highest BCUT2D eigenvalue weighted by Gasteiger charge is 2.18. The van der Waals surface area contributed by atoms with Crippen molar-refractivity contribution in [1.29, 1.82) is 0 Å². The van der Waals surface area contributed by atoms with E-state index in [-0.39, 0.29) is 6.04 Å². The fourth-order valence-corrected chi connectivity index (χ4v) is 2.93. The molecule has 1 unspecified atom stereocenters. The maximum atomic E-state index is 11.0. The van der Waals surface area contributed by atoms with Crippen molar-refractivity contribution in [3.63, 3.8) is 0 Å². The third kappa shape index (κ3) is 6.89. The second-order valence-corrected chi connectivity index (χ2v) is 7.05. The molecule has 152 valence electrons. The Labute approximate surface area is 168 Å². The molecule has 0 radical (unpaired) electrons. The van der Waals surface area contributed by atoms with Gasteiger partial charge in [0, 0.05) is 31.7 Å².